The number of carbonyl (C=O) groups excluding carboxylic acids is 1. The average Bonchev–Trinajstić information content (AvgIpc) is 3.30. The molecule has 0 N–H and O–H groups in total. The first-order valence-electron chi connectivity index (χ1n) is 13.8. The van der Waals surface area contributed by atoms with Crippen LogP contribution in [0.2, 0.25) is 0 Å². The number of hydrogen-bond donors (Lipinski definition) is 0. The molecule has 3 heterocycles. The molecule has 0 aliphatic carbocycles. The number of pyridine rings is 1. The van der Waals surface area contributed by atoms with Gasteiger partial charge in [-0.2, -0.15) is 0 Å². The predicted molar refractivity (Wildman–Crippen MR) is 155 cm³/mol. The zero-order chi connectivity index (χ0) is 27.1. The summed E-state index contributed by atoms with van der Waals surface area (Å²) in [5.41, 5.74) is 8.45. The molecule has 0 unspecified atom stereocenters. The van der Waals surface area contributed by atoms with E-state index < -0.39 is 0 Å². The highest BCUT2D eigenvalue weighted by Gasteiger charge is 2.25. The summed E-state index contributed by atoms with van der Waals surface area (Å²) in [7, 11) is 0. The fourth-order valence-electron chi connectivity index (χ4n) is 5.35. The Labute approximate surface area is 226 Å². The summed E-state index contributed by atoms with van der Waals surface area (Å²) in [6.45, 7) is 15.6. The smallest absolute Gasteiger partial charge is 0.242 e. The lowest BCUT2D eigenvalue weighted by Gasteiger charge is -2.32. The first-order chi connectivity index (χ1) is 18.0. The van der Waals surface area contributed by atoms with Gasteiger partial charge in [-0.3, -0.25) is 4.79 Å². The fraction of sp³-hybridized carbons (Fsp3) is 0.424. The number of rotatable bonds is 4. The van der Waals surface area contributed by atoms with Crippen molar-refractivity contribution in [2.75, 3.05) is 13.1 Å². The Morgan fingerprint density at radius 1 is 0.842 bits per heavy atom. The van der Waals surface area contributed by atoms with Crippen LogP contribution in [0, 0.1) is 0 Å². The Balaban J connectivity index is 1.30. The standard InChI is InChI=1S/C33H40N4O/c1-32(2,3)27-18-26(19-28(20-27)33(4,5)6)25-10-7-9-24(17-25)23-12-15-36(16-13-23)30(38)21-37-22-35-29-11-8-14-34-31(29)37/h7-11,14,17-20,22-23H,12-13,15-16,21H2,1-6H3. The third kappa shape index (κ3) is 5.52. The van der Waals surface area contributed by atoms with Crippen molar-refractivity contribution in [1.82, 2.24) is 19.4 Å². The van der Waals surface area contributed by atoms with Crippen LogP contribution in [-0.2, 0) is 22.2 Å². The van der Waals surface area contributed by atoms with Crippen molar-refractivity contribution in [2.24, 2.45) is 0 Å². The molecule has 1 aliphatic rings. The molecule has 5 nitrogen and oxygen atoms in total. The number of imidazole rings is 1. The molecular weight excluding hydrogens is 468 g/mol. The van der Waals surface area contributed by atoms with Crippen LogP contribution in [-0.4, -0.2) is 38.4 Å². The van der Waals surface area contributed by atoms with Crippen LogP contribution in [0.25, 0.3) is 22.3 Å². The molecule has 5 heteroatoms. The van der Waals surface area contributed by atoms with Gasteiger partial charge in [0.2, 0.25) is 5.91 Å². The van der Waals surface area contributed by atoms with Crippen LogP contribution in [0.5, 0.6) is 0 Å². The van der Waals surface area contributed by atoms with E-state index >= 15 is 0 Å². The molecule has 1 fully saturated rings. The van der Waals surface area contributed by atoms with Gasteiger partial charge in [-0.15, -0.1) is 0 Å². The van der Waals surface area contributed by atoms with Gasteiger partial charge in [-0.25, -0.2) is 9.97 Å². The highest BCUT2D eigenvalue weighted by Crippen LogP contribution is 2.36. The highest BCUT2D eigenvalue weighted by atomic mass is 16.2. The van der Waals surface area contributed by atoms with Gasteiger partial charge in [0, 0.05) is 19.3 Å². The normalized spacial score (nSPS) is 15.3. The molecule has 1 saturated heterocycles. The van der Waals surface area contributed by atoms with Crippen molar-refractivity contribution in [1.29, 1.82) is 0 Å². The van der Waals surface area contributed by atoms with Crippen LogP contribution >= 0.6 is 0 Å². The maximum atomic E-state index is 13.1. The van der Waals surface area contributed by atoms with E-state index in [1.807, 2.05) is 21.6 Å². The summed E-state index contributed by atoms with van der Waals surface area (Å²) in [6.07, 6.45) is 5.42. The Bertz CT molecular complexity index is 1410. The molecule has 38 heavy (non-hydrogen) atoms. The zero-order valence-corrected chi connectivity index (χ0v) is 23.7. The third-order valence-electron chi connectivity index (χ3n) is 7.88. The average molecular weight is 509 g/mol. The van der Waals surface area contributed by atoms with Gasteiger partial charge in [-0.05, 0) is 69.5 Å². The summed E-state index contributed by atoms with van der Waals surface area (Å²) >= 11 is 0. The van der Waals surface area contributed by atoms with E-state index in [9.17, 15) is 4.79 Å². The molecule has 0 bridgehead atoms. The summed E-state index contributed by atoms with van der Waals surface area (Å²) in [4.78, 5) is 23.8. The molecule has 0 saturated carbocycles. The summed E-state index contributed by atoms with van der Waals surface area (Å²) in [5, 5.41) is 0. The second kappa shape index (κ2) is 10.0. The maximum Gasteiger partial charge on any atom is 0.242 e. The van der Waals surface area contributed by atoms with E-state index in [0.29, 0.717) is 5.92 Å². The SMILES string of the molecule is CC(C)(C)c1cc(-c2cccc(C3CCN(C(=O)Cn4cnc5cccnc54)CC3)c2)cc(C(C)(C)C)c1. The topological polar surface area (TPSA) is 51.0 Å². The number of fused-ring (bicyclic) bond motifs is 1. The molecule has 2 aromatic carbocycles. The highest BCUT2D eigenvalue weighted by molar-refractivity contribution is 5.79. The number of benzene rings is 2. The number of hydrogen-bond acceptors (Lipinski definition) is 3. The van der Waals surface area contributed by atoms with E-state index in [4.69, 9.17) is 0 Å². The molecule has 198 valence electrons. The second-order valence-corrected chi connectivity index (χ2v) is 12.8. The molecule has 5 rings (SSSR count). The van der Waals surface area contributed by atoms with E-state index in [-0.39, 0.29) is 23.3 Å². The van der Waals surface area contributed by atoms with Gasteiger partial charge in [0.15, 0.2) is 5.65 Å². The second-order valence-electron chi connectivity index (χ2n) is 12.8. The van der Waals surface area contributed by atoms with E-state index in [1.54, 1.807) is 12.5 Å². The lowest BCUT2D eigenvalue weighted by atomic mass is 9.78. The van der Waals surface area contributed by atoms with Crippen molar-refractivity contribution in [3.05, 3.63) is 83.8 Å². The lowest BCUT2D eigenvalue weighted by molar-refractivity contribution is -0.132. The van der Waals surface area contributed by atoms with Crippen LogP contribution in [0.4, 0.5) is 0 Å². The van der Waals surface area contributed by atoms with Crippen LogP contribution in [0.15, 0.2) is 67.1 Å². The Kier molecular flexibility index (Phi) is 6.89. The van der Waals surface area contributed by atoms with E-state index in [1.165, 1.54) is 27.8 Å². The number of nitrogens with zero attached hydrogens (tertiary/aromatic N) is 4. The molecule has 4 aromatic rings. The van der Waals surface area contributed by atoms with Crippen LogP contribution < -0.4 is 0 Å². The minimum Gasteiger partial charge on any atom is -0.341 e. The van der Waals surface area contributed by atoms with Gasteiger partial charge in [0.05, 0.1) is 6.33 Å². The number of carbonyl (C=O) groups is 1. The van der Waals surface area contributed by atoms with Crippen molar-refractivity contribution < 1.29 is 4.79 Å². The van der Waals surface area contributed by atoms with Gasteiger partial charge < -0.3 is 9.47 Å². The largest absolute Gasteiger partial charge is 0.341 e. The number of amides is 1. The zero-order valence-electron chi connectivity index (χ0n) is 23.7. The van der Waals surface area contributed by atoms with Crippen LogP contribution in [0.1, 0.15) is 77.0 Å². The van der Waals surface area contributed by atoms with E-state index in [2.05, 4.69) is 94.0 Å². The van der Waals surface area contributed by atoms with Crippen molar-refractivity contribution in [3.8, 4) is 11.1 Å². The van der Waals surface area contributed by atoms with Crippen molar-refractivity contribution >= 4 is 17.1 Å². The molecule has 0 radical (unpaired) electrons. The third-order valence-corrected chi connectivity index (χ3v) is 7.88. The fourth-order valence-corrected chi connectivity index (χ4v) is 5.35. The molecule has 1 aliphatic heterocycles. The quantitative estimate of drug-likeness (QED) is 0.295. The Hall–Kier alpha value is -3.47. The number of aromatic nitrogens is 3. The molecule has 2 aromatic heterocycles. The van der Waals surface area contributed by atoms with E-state index in [0.717, 1.165) is 37.1 Å². The Morgan fingerprint density at radius 3 is 2.18 bits per heavy atom. The minimum absolute atomic E-state index is 0.0893. The maximum absolute atomic E-state index is 13.1. The monoisotopic (exact) mass is 508 g/mol. The summed E-state index contributed by atoms with van der Waals surface area (Å²) in [6, 6.07) is 20.0. The first kappa shape index (κ1) is 26.1. The number of likely N-dealkylation sites (tertiary alicyclic amines) is 1. The Morgan fingerprint density at radius 2 is 1.53 bits per heavy atom. The van der Waals surface area contributed by atoms with Crippen molar-refractivity contribution in [2.45, 2.75) is 77.7 Å². The molecule has 1 amide bonds. The lowest BCUT2D eigenvalue weighted by Crippen LogP contribution is -2.39. The van der Waals surface area contributed by atoms with Crippen molar-refractivity contribution in [3.63, 3.8) is 0 Å². The van der Waals surface area contributed by atoms with Crippen LogP contribution in [0.3, 0.4) is 0 Å². The van der Waals surface area contributed by atoms with Gasteiger partial charge in [0.25, 0.3) is 0 Å². The van der Waals surface area contributed by atoms with Gasteiger partial charge in [0.1, 0.15) is 12.1 Å². The minimum atomic E-state index is 0.0893. The summed E-state index contributed by atoms with van der Waals surface area (Å²) < 4.78 is 1.85. The van der Waals surface area contributed by atoms with Gasteiger partial charge >= 0.3 is 0 Å². The molecular formula is C33H40N4O. The number of piperidine rings is 1. The first-order valence-corrected chi connectivity index (χ1v) is 13.8. The van der Waals surface area contributed by atoms with Gasteiger partial charge in [-0.1, -0.05) is 84.0 Å². The summed E-state index contributed by atoms with van der Waals surface area (Å²) in [5.74, 6) is 0.596. The predicted octanol–water partition coefficient (Wildman–Crippen LogP) is 7.10. The molecule has 0 spiro atoms. The molecule has 0 atom stereocenters.